The number of hydrogen-bond acceptors (Lipinski definition) is 1. The van der Waals surface area contributed by atoms with Gasteiger partial charge in [0, 0.05) is 6.08 Å². The first kappa shape index (κ1) is 11.2. The van der Waals surface area contributed by atoms with Crippen molar-refractivity contribution in [2.24, 2.45) is 29.6 Å². The van der Waals surface area contributed by atoms with Gasteiger partial charge in [-0.1, -0.05) is 37.8 Å². The summed E-state index contributed by atoms with van der Waals surface area (Å²) in [6.07, 6.45) is 12.1. The molecule has 16 heavy (non-hydrogen) atoms. The number of rotatable bonds is 1. The van der Waals surface area contributed by atoms with Gasteiger partial charge >= 0.3 is 5.97 Å². The third-order valence-electron chi connectivity index (χ3n) is 4.00. The van der Waals surface area contributed by atoms with Gasteiger partial charge in [-0.25, -0.2) is 4.79 Å². The summed E-state index contributed by atoms with van der Waals surface area (Å²) in [5.74, 6) is 3.59. The van der Waals surface area contributed by atoms with Crippen molar-refractivity contribution in [3.8, 4) is 0 Å². The Hall–Kier alpha value is -1.31. The van der Waals surface area contributed by atoms with Crippen LogP contribution in [0.3, 0.4) is 0 Å². The summed E-state index contributed by atoms with van der Waals surface area (Å²) in [7, 11) is 0. The molecular formula is C14H18O2. The van der Waals surface area contributed by atoms with Crippen LogP contribution >= 0.6 is 0 Å². The van der Waals surface area contributed by atoms with Crippen LogP contribution in [-0.4, -0.2) is 11.1 Å². The van der Waals surface area contributed by atoms with Crippen LogP contribution in [0.4, 0.5) is 0 Å². The first-order valence-corrected chi connectivity index (χ1v) is 5.85. The van der Waals surface area contributed by atoms with Crippen molar-refractivity contribution in [3.63, 3.8) is 0 Å². The van der Waals surface area contributed by atoms with Crippen molar-refractivity contribution in [2.45, 2.75) is 13.3 Å². The van der Waals surface area contributed by atoms with Crippen molar-refractivity contribution < 1.29 is 9.90 Å². The number of carbonyl (C=O) groups is 1. The van der Waals surface area contributed by atoms with E-state index in [-0.39, 0.29) is 0 Å². The topological polar surface area (TPSA) is 37.3 Å². The quantitative estimate of drug-likeness (QED) is 0.542. The summed E-state index contributed by atoms with van der Waals surface area (Å²) >= 11 is 0. The predicted molar refractivity (Wildman–Crippen MR) is 63.9 cm³/mol. The first-order chi connectivity index (χ1) is 7.63. The van der Waals surface area contributed by atoms with Gasteiger partial charge < -0.3 is 5.11 Å². The van der Waals surface area contributed by atoms with E-state index in [4.69, 9.17) is 5.11 Å². The zero-order valence-electron chi connectivity index (χ0n) is 9.54. The molecule has 3 rings (SSSR count). The monoisotopic (exact) mass is 218 g/mol. The Morgan fingerprint density at radius 2 is 1.94 bits per heavy atom. The Labute approximate surface area is 96.4 Å². The van der Waals surface area contributed by atoms with Crippen LogP contribution in [0.1, 0.15) is 13.3 Å². The molecule has 2 bridgehead atoms. The molecule has 2 nitrogen and oxygen atoms in total. The lowest BCUT2D eigenvalue weighted by Gasteiger charge is -2.23. The molecule has 5 unspecified atom stereocenters. The van der Waals surface area contributed by atoms with E-state index in [0.717, 1.165) is 35.7 Å². The lowest BCUT2D eigenvalue weighted by Crippen LogP contribution is -2.18. The van der Waals surface area contributed by atoms with E-state index in [9.17, 15) is 4.79 Å². The Morgan fingerprint density at radius 3 is 2.50 bits per heavy atom. The molecule has 1 saturated carbocycles. The maximum absolute atomic E-state index is 9.25. The molecule has 5 atom stereocenters. The maximum atomic E-state index is 9.25. The van der Waals surface area contributed by atoms with Gasteiger partial charge in [0.15, 0.2) is 0 Å². The number of hydrogen-bond donors (Lipinski definition) is 1. The fourth-order valence-electron chi connectivity index (χ4n) is 3.34. The minimum atomic E-state index is -0.981. The zero-order chi connectivity index (χ0) is 11.7. The van der Waals surface area contributed by atoms with Crippen LogP contribution < -0.4 is 0 Å². The van der Waals surface area contributed by atoms with Gasteiger partial charge in [0.2, 0.25) is 0 Å². The van der Waals surface area contributed by atoms with Crippen molar-refractivity contribution in [1.82, 2.24) is 0 Å². The average Bonchev–Trinajstić information content (AvgIpc) is 2.92. The third kappa shape index (κ3) is 1.84. The highest BCUT2D eigenvalue weighted by Gasteiger charge is 2.47. The van der Waals surface area contributed by atoms with Gasteiger partial charge in [0.05, 0.1) is 0 Å². The highest BCUT2D eigenvalue weighted by molar-refractivity contribution is 5.78. The fourth-order valence-corrected chi connectivity index (χ4v) is 3.34. The summed E-state index contributed by atoms with van der Waals surface area (Å²) in [6, 6.07) is 0. The second-order valence-electron chi connectivity index (χ2n) is 4.89. The number of allylic oxidation sites excluding steroid dienone is 4. The largest absolute Gasteiger partial charge is 0.478 e. The molecule has 86 valence electrons. The molecule has 0 saturated heterocycles. The summed E-state index contributed by atoms with van der Waals surface area (Å²) in [6.45, 7) is 5.33. The SMILES string of the molecule is C=CC(=O)O.CC1C=CC2C3C=CC(C3)C12. The molecule has 2 heteroatoms. The van der Waals surface area contributed by atoms with Crippen LogP contribution in [0.25, 0.3) is 0 Å². The smallest absolute Gasteiger partial charge is 0.327 e. The van der Waals surface area contributed by atoms with E-state index in [1.807, 2.05) is 0 Å². The minimum Gasteiger partial charge on any atom is -0.478 e. The van der Waals surface area contributed by atoms with Crippen LogP contribution in [0.5, 0.6) is 0 Å². The summed E-state index contributed by atoms with van der Waals surface area (Å²) in [5, 5.41) is 7.60. The van der Waals surface area contributed by atoms with E-state index in [1.165, 1.54) is 6.42 Å². The van der Waals surface area contributed by atoms with Gasteiger partial charge in [-0.3, -0.25) is 0 Å². The lowest BCUT2D eigenvalue weighted by atomic mass is 9.81. The standard InChI is InChI=1S/C11H14.C3H4O2/c1-7-2-5-10-8-3-4-9(6-8)11(7)10;1-2-3(4)5/h2-5,7-11H,6H2,1H3;2H,1H2,(H,4,5). The highest BCUT2D eigenvalue weighted by atomic mass is 16.4. The minimum absolute atomic E-state index is 0.833. The number of aliphatic carboxylic acids is 1. The fraction of sp³-hybridized carbons (Fsp3) is 0.500. The summed E-state index contributed by atoms with van der Waals surface area (Å²) in [5.41, 5.74) is 0. The van der Waals surface area contributed by atoms with Crippen LogP contribution in [-0.2, 0) is 4.79 Å². The van der Waals surface area contributed by atoms with Crippen molar-refractivity contribution in [2.75, 3.05) is 0 Å². The molecule has 0 aromatic carbocycles. The molecule has 0 aromatic heterocycles. The van der Waals surface area contributed by atoms with Gasteiger partial charge in [-0.05, 0) is 36.0 Å². The lowest BCUT2D eigenvalue weighted by molar-refractivity contribution is -0.131. The molecule has 1 N–H and O–H groups in total. The van der Waals surface area contributed by atoms with E-state index >= 15 is 0 Å². The molecule has 1 fully saturated rings. The van der Waals surface area contributed by atoms with Gasteiger partial charge in [0.25, 0.3) is 0 Å². The molecule has 0 amide bonds. The molecule has 3 aliphatic rings. The van der Waals surface area contributed by atoms with Gasteiger partial charge in [-0.15, -0.1) is 0 Å². The summed E-state index contributed by atoms with van der Waals surface area (Å²) < 4.78 is 0. The average molecular weight is 218 g/mol. The molecule has 0 aromatic rings. The van der Waals surface area contributed by atoms with Gasteiger partial charge in [0.1, 0.15) is 0 Å². The van der Waals surface area contributed by atoms with E-state index in [0.29, 0.717) is 0 Å². The van der Waals surface area contributed by atoms with Crippen molar-refractivity contribution >= 4 is 5.97 Å². The van der Waals surface area contributed by atoms with Crippen LogP contribution in [0.15, 0.2) is 37.0 Å². The Balaban J connectivity index is 0.000000168. The molecule has 0 radical (unpaired) electrons. The molecule has 3 aliphatic carbocycles. The van der Waals surface area contributed by atoms with E-state index in [2.05, 4.69) is 37.8 Å². The van der Waals surface area contributed by atoms with E-state index in [1.54, 1.807) is 0 Å². The summed E-state index contributed by atoms with van der Waals surface area (Å²) in [4.78, 5) is 9.25. The molecule has 0 heterocycles. The van der Waals surface area contributed by atoms with Gasteiger partial charge in [-0.2, -0.15) is 0 Å². The van der Waals surface area contributed by atoms with Crippen LogP contribution in [0, 0.1) is 29.6 Å². The third-order valence-corrected chi connectivity index (χ3v) is 4.00. The number of carboxylic acid groups (broad SMARTS) is 1. The number of carboxylic acids is 1. The Bertz CT molecular complexity index is 354. The highest BCUT2D eigenvalue weighted by Crippen LogP contribution is 2.54. The zero-order valence-corrected chi connectivity index (χ0v) is 9.54. The first-order valence-electron chi connectivity index (χ1n) is 5.85. The van der Waals surface area contributed by atoms with Crippen LogP contribution in [0.2, 0.25) is 0 Å². The number of fused-ring (bicyclic) bond motifs is 5. The Kier molecular flexibility index (Phi) is 2.99. The van der Waals surface area contributed by atoms with E-state index < -0.39 is 5.97 Å². The molecule has 0 aliphatic heterocycles. The molecular weight excluding hydrogens is 200 g/mol. The second kappa shape index (κ2) is 4.28. The Morgan fingerprint density at radius 1 is 1.31 bits per heavy atom. The second-order valence-corrected chi connectivity index (χ2v) is 4.89. The maximum Gasteiger partial charge on any atom is 0.327 e. The van der Waals surface area contributed by atoms with Crippen molar-refractivity contribution in [1.29, 1.82) is 0 Å². The van der Waals surface area contributed by atoms with Crippen molar-refractivity contribution in [3.05, 3.63) is 37.0 Å². The normalized spacial score (nSPS) is 41.4. The predicted octanol–water partition coefficient (Wildman–Crippen LogP) is 2.89. The molecule has 0 spiro atoms.